The molecule has 0 aliphatic heterocycles. The van der Waals surface area contributed by atoms with E-state index in [1.807, 2.05) is 6.07 Å². The maximum Gasteiger partial charge on any atom is 1.00 e. The Labute approximate surface area is 110 Å². The number of carbonyl (C=O) groups is 1. The van der Waals surface area contributed by atoms with Crippen LogP contribution in [0.5, 0.6) is 5.75 Å². The standard InChI is InChI=1S/C11H10O3.Na/c1-14-9-3-2-7-4-8(6-12)11(13)10(7)5-9;/h2-3,5-6,12H,4H2,1H3;/q;+1/p-1/b8-6+;. The molecule has 0 heterocycles. The van der Waals surface area contributed by atoms with Gasteiger partial charge in [0.15, 0.2) is 5.78 Å². The molecule has 0 saturated heterocycles. The fourth-order valence-electron chi connectivity index (χ4n) is 1.60. The van der Waals surface area contributed by atoms with Gasteiger partial charge in [-0.1, -0.05) is 6.07 Å². The van der Waals surface area contributed by atoms with Crippen molar-refractivity contribution in [3.8, 4) is 5.75 Å². The van der Waals surface area contributed by atoms with Gasteiger partial charge in [-0.2, -0.15) is 0 Å². The van der Waals surface area contributed by atoms with Gasteiger partial charge >= 0.3 is 29.6 Å². The number of Topliss-reactive ketones (excluding diaryl/α,β-unsaturated/α-hetero) is 1. The predicted octanol–water partition coefficient (Wildman–Crippen LogP) is -2.32. The first-order valence-electron chi connectivity index (χ1n) is 4.29. The minimum Gasteiger partial charge on any atom is -0.878 e. The van der Waals surface area contributed by atoms with Crippen LogP contribution in [-0.4, -0.2) is 12.9 Å². The van der Waals surface area contributed by atoms with Crippen LogP contribution in [0.4, 0.5) is 0 Å². The van der Waals surface area contributed by atoms with Crippen molar-refractivity contribution in [1.82, 2.24) is 0 Å². The number of ether oxygens (including phenoxy) is 1. The summed E-state index contributed by atoms with van der Waals surface area (Å²) in [6.45, 7) is 0. The summed E-state index contributed by atoms with van der Waals surface area (Å²) in [5, 5.41) is 10.6. The summed E-state index contributed by atoms with van der Waals surface area (Å²) in [7, 11) is 1.55. The summed E-state index contributed by atoms with van der Waals surface area (Å²) < 4.78 is 5.01. The molecule has 2 rings (SSSR count). The number of methoxy groups -OCH3 is 1. The zero-order chi connectivity index (χ0) is 10.1. The van der Waals surface area contributed by atoms with Crippen molar-refractivity contribution in [1.29, 1.82) is 0 Å². The Kier molecular flexibility index (Phi) is 3.97. The SMILES string of the molecule is COc1ccc2c(c1)C(=O)/C(=C/[O-])C2.[Na+]. The van der Waals surface area contributed by atoms with E-state index in [0.717, 1.165) is 5.56 Å². The van der Waals surface area contributed by atoms with Crippen LogP contribution in [0, 0.1) is 0 Å². The molecule has 0 atom stereocenters. The first-order chi connectivity index (χ1) is 6.76. The summed E-state index contributed by atoms with van der Waals surface area (Å²) in [4.78, 5) is 11.6. The van der Waals surface area contributed by atoms with Crippen LogP contribution in [-0.2, 0) is 6.42 Å². The van der Waals surface area contributed by atoms with E-state index in [4.69, 9.17) is 4.74 Å². The second kappa shape index (κ2) is 4.84. The fourth-order valence-corrected chi connectivity index (χ4v) is 1.60. The molecule has 0 unspecified atom stereocenters. The summed E-state index contributed by atoms with van der Waals surface area (Å²) in [5.41, 5.74) is 1.82. The van der Waals surface area contributed by atoms with E-state index in [0.29, 0.717) is 29.6 Å². The molecule has 1 aliphatic carbocycles. The van der Waals surface area contributed by atoms with Crippen molar-refractivity contribution in [2.75, 3.05) is 7.11 Å². The molecule has 1 aromatic carbocycles. The molecule has 3 nitrogen and oxygen atoms in total. The smallest absolute Gasteiger partial charge is 0.878 e. The predicted molar refractivity (Wildman–Crippen MR) is 49.1 cm³/mol. The van der Waals surface area contributed by atoms with Crippen molar-refractivity contribution < 1.29 is 44.2 Å². The third kappa shape index (κ3) is 2.09. The molecule has 0 spiro atoms. The van der Waals surface area contributed by atoms with Crippen LogP contribution >= 0.6 is 0 Å². The van der Waals surface area contributed by atoms with Crippen molar-refractivity contribution in [2.24, 2.45) is 0 Å². The first-order valence-corrected chi connectivity index (χ1v) is 4.29. The van der Waals surface area contributed by atoms with Gasteiger partial charge in [0.25, 0.3) is 0 Å². The average molecular weight is 212 g/mol. The molecule has 1 aliphatic rings. The second-order valence-electron chi connectivity index (χ2n) is 3.17. The maximum atomic E-state index is 11.6. The van der Waals surface area contributed by atoms with Gasteiger partial charge in [0, 0.05) is 12.0 Å². The van der Waals surface area contributed by atoms with E-state index in [2.05, 4.69) is 0 Å². The van der Waals surface area contributed by atoms with E-state index in [1.54, 1.807) is 19.2 Å². The molecule has 0 radical (unpaired) electrons. The number of carbonyl (C=O) groups excluding carboxylic acids is 1. The average Bonchev–Trinajstić information content (AvgIpc) is 2.55. The van der Waals surface area contributed by atoms with Crippen LogP contribution in [0.3, 0.4) is 0 Å². The minimum atomic E-state index is -0.172. The molecule has 0 amide bonds. The fraction of sp³-hybridized carbons (Fsp3) is 0.182. The van der Waals surface area contributed by atoms with Crippen molar-refractivity contribution >= 4 is 5.78 Å². The van der Waals surface area contributed by atoms with Crippen LogP contribution in [0.2, 0.25) is 0 Å². The summed E-state index contributed by atoms with van der Waals surface area (Å²) in [6.07, 6.45) is 1.08. The third-order valence-corrected chi connectivity index (χ3v) is 2.38. The molecular formula is C11H9NaO3. The molecule has 0 saturated carbocycles. The van der Waals surface area contributed by atoms with Gasteiger partial charge in [-0.3, -0.25) is 4.79 Å². The molecular weight excluding hydrogens is 203 g/mol. The van der Waals surface area contributed by atoms with Gasteiger partial charge < -0.3 is 9.84 Å². The van der Waals surface area contributed by atoms with Crippen LogP contribution < -0.4 is 39.4 Å². The summed E-state index contributed by atoms with van der Waals surface area (Å²) in [6, 6.07) is 5.29. The minimum absolute atomic E-state index is 0. The zero-order valence-electron chi connectivity index (χ0n) is 8.74. The van der Waals surface area contributed by atoms with Gasteiger partial charge in [-0.05, 0) is 23.3 Å². The normalized spacial score (nSPS) is 16.1. The maximum absolute atomic E-state index is 11.6. The third-order valence-electron chi connectivity index (χ3n) is 2.38. The second-order valence-corrected chi connectivity index (χ2v) is 3.17. The molecule has 0 N–H and O–H groups in total. The first kappa shape index (κ1) is 12.3. The Morgan fingerprint density at radius 1 is 1.47 bits per heavy atom. The van der Waals surface area contributed by atoms with E-state index < -0.39 is 0 Å². The Hall–Kier alpha value is -0.770. The Bertz CT molecular complexity index is 424. The molecule has 15 heavy (non-hydrogen) atoms. The number of rotatable bonds is 1. The van der Waals surface area contributed by atoms with E-state index >= 15 is 0 Å². The number of ketones is 1. The zero-order valence-corrected chi connectivity index (χ0v) is 10.7. The van der Waals surface area contributed by atoms with Crippen LogP contribution in [0.25, 0.3) is 0 Å². The molecule has 1 aromatic rings. The van der Waals surface area contributed by atoms with E-state index in [-0.39, 0.29) is 35.3 Å². The molecule has 0 aromatic heterocycles. The van der Waals surface area contributed by atoms with Gasteiger partial charge in [0.05, 0.1) is 7.11 Å². The number of allylic oxidation sites excluding steroid dienone is 1. The Balaban J connectivity index is 0.00000112. The number of benzene rings is 1. The Morgan fingerprint density at radius 3 is 2.80 bits per heavy atom. The van der Waals surface area contributed by atoms with Crippen molar-refractivity contribution in [3.63, 3.8) is 0 Å². The molecule has 4 heteroatoms. The van der Waals surface area contributed by atoms with E-state index in [9.17, 15) is 9.90 Å². The topological polar surface area (TPSA) is 49.4 Å². The number of hydrogen-bond donors (Lipinski definition) is 0. The summed E-state index contributed by atoms with van der Waals surface area (Å²) >= 11 is 0. The van der Waals surface area contributed by atoms with Gasteiger partial charge in [-0.15, -0.1) is 6.26 Å². The number of fused-ring (bicyclic) bond motifs is 1. The van der Waals surface area contributed by atoms with Gasteiger partial charge in [-0.25, -0.2) is 0 Å². The van der Waals surface area contributed by atoms with Crippen LogP contribution in [0.15, 0.2) is 30.0 Å². The van der Waals surface area contributed by atoms with Crippen molar-refractivity contribution in [2.45, 2.75) is 6.42 Å². The summed E-state index contributed by atoms with van der Waals surface area (Å²) in [5.74, 6) is 0.471. The van der Waals surface area contributed by atoms with E-state index in [1.165, 1.54) is 0 Å². The molecule has 0 fully saturated rings. The quantitative estimate of drug-likeness (QED) is 0.298. The Morgan fingerprint density at radius 2 is 2.20 bits per heavy atom. The molecule has 72 valence electrons. The molecule has 0 bridgehead atoms. The number of hydrogen-bond acceptors (Lipinski definition) is 3. The monoisotopic (exact) mass is 212 g/mol. The van der Waals surface area contributed by atoms with Crippen molar-refractivity contribution in [3.05, 3.63) is 41.2 Å². The van der Waals surface area contributed by atoms with Gasteiger partial charge in [0.2, 0.25) is 0 Å². The van der Waals surface area contributed by atoms with Crippen LogP contribution in [0.1, 0.15) is 15.9 Å². The van der Waals surface area contributed by atoms with Gasteiger partial charge in [0.1, 0.15) is 5.75 Å². The largest absolute Gasteiger partial charge is 1.00 e.